The van der Waals surface area contributed by atoms with Crippen molar-refractivity contribution in [3.63, 3.8) is 0 Å². The van der Waals surface area contributed by atoms with E-state index in [1.54, 1.807) is 18.4 Å². The number of hydrogen-bond donors (Lipinski definition) is 0. The zero-order valence-electron chi connectivity index (χ0n) is 19.2. The van der Waals surface area contributed by atoms with E-state index >= 15 is 0 Å². The maximum absolute atomic E-state index is 11.1. The summed E-state index contributed by atoms with van der Waals surface area (Å²) in [6.07, 6.45) is 6.49. The van der Waals surface area contributed by atoms with E-state index in [-0.39, 0.29) is 17.6 Å². The number of ether oxygens (including phenoxy) is 1. The molecule has 0 spiro atoms. The Morgan fingerprint density at radius 1 is 1.21 bits per heavy atom. The second-order valence-electron chi connectivity index (χ2n) is 8.65. The molecule has 6 nitrogen and oxygen atoms in total. The van der Waals surface area contributed by atoms with Gasteiger partial charge in [0.15, 0.2) is 6.54 Å². The lowest BCUT2D eigenvalue weighted by molar-refractivity contribution is -0.668. The van der Waals surface area contributed by atoms with E-state index in [0.29, 0.717) is 6.54 Å². The monoisotopic (exact) mass is 484 g/mol. The summed E-state index contributed by atoms with van der Waals surface area (Å²) < 4.78 is 41.7. The molecule has 3 aromatic rings. The minimum atomic E-state index is -4.24. The lowest BCUT2D eigenvalue weighted by Crippen LogP contribution is -2.36. The summed E-state index contributed by atoms with van der Waals surface area (Å²) in [5, 5.41) is 0.981. The van der Waals surface area contributed by atoms with Crippen LogP contribution in [0.5, 0.6) is 5.75 Å². The van der Waals surface area contributed by atoms with Crippen molar-refractivity contribution < 1.29 is 22.3 Å². The summed E-state index contributed by atoms with van der Waals surface area (Å²) in [6, 6.07) is 14.3. The van der Waals surface area contributed by atoms with Crippen LogP contribution in [0.15, 0.2) is 60.3 Å². The smallest absolute Gasteiger partial charge is 0.262 e. The summed E-state index contributed by atoms with van der Waals surface area (Å²) in [6.45, 7) is 4.90. The first-order valence-electron chi connectivity index (χ1n) is 10.8. The average Bonchev–Trinajstić information content (AvgIpc) is 3.20. The Hall–Kier alpha value is -2.68. The van der Waals surface area contributed by atoms with E-state index in [4.69, 9.17) is 4.74 Å². The first-order valence-corrected chi connectivity index (χ1v) is 13.2. The quantitative estimate of drug-likeness (QED) is 0.366. The van der Waals surface area contributed by atoms with Crippen LogP contribution < -0.4 is 14.2 Å². The summed E-state index contributed by atoms with van der Waals surface area (Å²) in [5.41, 5.74) is 4.59. The lowest BCUT2D eigenvalue weighted by atomic mass is 9.84. The van der Waals surface area contributed by atoms with Crippen molar-refractivity contribution in [2.45, 2.75) is 32.2 Å². The summed E-state index contributed by atoms with van der Waals surface area (Å²) >= 11 is 1.61. The maximum atomic E-state index is 11.1. The van der Waals surface area contributed by atoms with Gasteiger partial charge < -0.3 is 14.2 Å². The number of hydrogen-bond acceptors (Lipinski definition) is 6. The largest absolute Gasteiger partial charge is 0.748 e. The van der Waals surface area contributed by atoms with Crippen LogP contribution in [0.1, 0.15) is 30.8 Å². The molecule has 0 saturated carbocycles. The molecule has 1 aliphatic heterocycles. The number of fused-ring (bicyclic) bond motifs is 2. The Morgan fingerprint density at radius 2 is 1.97 bits per heavy atom. The zero-order valence-corrected chi connectivity index (χ0v) is 20.9. The second kappa shape index (κ2) is 8.93. The van der Waals surface area contributed by atoms with Crippen LogP contribution in [0, 0.1) is 0 Å². The van der Waals surface area contributed by atoms with Crippen molar-refractivity contribution in [2.75, 3.05) is 24.8 Å². The van der Waals surface area contributed by atoms with Gasteiger partial charge in [0.1, 0.15) is 10.4 Å². The van der Waals surface area contributed by atoms with Crippen LogP contribution in [0.2, 0.25) is 0 Å². The van der Waals surface area contributed by atoms with Crippen LogP contribution in [-0.4, -0.2) is 32.9 Å². The molecular formula is C25H28N2O4S2. The molecule has 4 rings (SSSR count). The van der Waals surface area contributed by atoms with E-state index in [9.17, 15) is 13.0 Å². The number of anilines is 1. The number of allylic oxidation sites excluding steroid dienone is 3. The van der Waals surface area contributed by atoms with Gasteiger partial charge in [-0.3, -0.25) is 0 Å². The molecule has 0 aliphatic carbocycles. The molecule has 1 aliphatic rings. The third-order valence-electron chi connectivity index (χ3n) is 6.15. The van der Waals surface area contributed by atoms with Crippen molar-refractivity contribution in [1.82, 2.24) is 0 Å². The molecule has 0 radical (unpaired) electrons. The molecule has 0 unspecified atom stereocenters. The maximum Gasteiger partial charge on any atom is 0.262 e. The molecule has 1 aromatic heterocycles. The van der Waals surface area contributed by atoms with Crippen LogP contribution in [0.25, 0.3) is 16.3 Å². The SMILES string of the molecule is COc1ccc2c(c1)sc(C=CC=C1N(C)c3ccccc3C1(C)C)[n+]2CCCS(=O)(=O)[O-]. The first kappa shape index (κ1) is 23.5. The van der Waals surface area contributed by atoms with Crippen LogP contribution in [-0.2, 0) is 22.1 Å². The molecule has 0 fully saturated rings. The summed E-state index contributed by atoms with van der Waals surface area (Å²) in [5.74, 6) is 0.389. The highest BCUT2D eigenvalue weighted by atomic mass is 32.2. The Balaban J connectivity index is 1.68. The number of rotatable bonds is 7. The van der Waals surface area contributed by atoms with Crippen molar-refractivity contribution in [3.05, 3.63) is 70.9 Å². The number of thiazole rings is 1. The number of para-hydroxylation sites is 1. The van der Waals surface area contributed by atoms with Gasteiger partial charge in [0.25, 0.3) is 5.01 Å². The van der Waals surface area contributed by atoms with Gasteiger partial charge in [-0.1, -0.05) is 49.5 Å². The van der Waals surface area contributed by atoms with Crippen molar-refractivity contribution >= 4 is 43.4 Å². The number of aryl methyl sites for hydroxylation is 1. The Bertz CT molecular complexity index is 1350. The Morgan fingerprint density at radius 3 is 2.67 bits per heavy atom. The van der Waals surface area contributed by atoms with Gasteiger partial charge in [-0.25, -0.2) is 8.42 Å². The lowest BCUT2D eigenvalue weighted by Gasteiger charge is -2.23. The fourth-order valence-corrected chi connectivity index (χ4v) is 6.10. The van der Waals surface area contributed by atoms with E-state index in [1.165, 1.54) is 16.9 Å². The van der Waals surface area contributed by atoms with Crippen LogP contribution in [0.4, 0.5) is 5.69 Å². The van der Waals surface area contributed by atoms with Crippen LogP contribution in [0.3, 0.4) is 0 Å². The highest BCUT2D eigenvalue weighted by Crippen LogP contribution is 2.46. The zero-order chi connectivity index (χ0) is 23.8. The Labute approximate surface area is 199 Å². The van der Waals surface area contributed by atoms with Gasteiger partial charge in [-0.15, -0.1) is 0 Å². The average molecular weight is 485 g/mol. The molecule has 0 N–H and O–H groups in total. The number of benzene rings is 2. The number of nitrogens with zero attached hydrogens (tertiary/aromatic N) is 2. The predicted octanol–water partition coefficient (Wildman–Crippen LogP) is 4.46. The molecule has 0 amide bonds. The number of likely N-dealkylation sites (N-methyl/N-ethyl adjacent to an activating group) is 1. The fourth-order valence-electron chi connectivity index (χ4n) is 4.49. The predicted molar refractivity (Wildman–Crippen MR) is 133 cm³/mol. The van der Waals surface area contributed by atoms with E-state index in [2.05, 4.69) is 60.7 Å². The molecule has 0 atom stereocenters. The minimum Gasteiger partial charge on any atom is -0.748 e. The van der Waals surface area contributed by atoms with E-state index in [1.807, 2.05) is 30.4 Å². The molecular weight excluding hydrogens is 456 g/mol. The van der Waals surface area contributed by atoms with Crippen LogP contribution >= 0.6 is 11.3 Å². The molecule has 0 saturated heterocycles. The second-order valence-corrected chi connectivity index (χ2v) is 11.2. The molecule has 33 heavy (non-hydrogen) atoms. The molecule has 2 heterocycles. The first-order chi connectivity index (χ1) is 15.6. The van der Waals surface area contributed by atoms with Gasteiger partial charge in [-0.2, -0.15) is 4.57 Å². The third-order valence-corrected chi connectivity index (χ3v) is 8.05. The molecule has 8 heteroatoms. The topological polar surface area (TPSA) is 73.5 Å². The fraction of sp³-hybridized carbons (Fsp3) is 0.320. The highest BCUT2D eigenvalue weighted by molar-refractivity contribution is 7.85. The summed E-state index contributed by atoms with van der Waals surface area (Å²) in [4.78, 5) is 2.22. The summed E-state index contributed by atoms with van der Waals surface area (Å²) in [7, 11) is -0.523. The third kappa shape index (κ3) is 4.69. The highest BCUT2D eigenvalue weighted by Gasteiger charge is 2.37. The number of methoxy groups -OCH3 is 1. The van der Waals surface area contributed by atoms with Gasteiger partial charge in [0.05, 0.1) is 17.2 Å². The molecule has 0 bridgehead atoms. The van der Waals surface area contributed by atoms with Gasteiger partial charge in [0.2, 0.25) is 5.52 Å². The van der Waals surface area contributed by atoms with Gasteiger partial charge in [-0.05, 0) is 23.8 Å². The standard InChI is InChI=1S/C25H28N2O4S2/c1-25(2)19-9-5-6-10-20(19)26(3)23(25)11-7-12-24-27(15-8-16-33(28,29)30)21-14-13-18(31-4)17-22(21)32-24/h5-7,9-14,17H,8,15-16H2,1-4H3. The minimum absolute atomic E-state index is 0.109. The normalized spacial score (nSPS) is 16.8. The van der Waals surface area contributed by atoms with Crippen molar-refractivity contribution in [3.8, 4) is 5.75 Å². The van der Waals surface area contributed by atoms with Gasteiger partial charge in [0, 0.05) is 54.2 Å². The van der Waals surface area contributed by atoms with E-state index < -0.39 is 10.1 Å². The Kier molecular flexibility index (Phi) is 6.35. The van der Waals surface area contributed by atoms with E-state index in [0.717, 1.165) is 21.0 Å². The van der Waals surface area contributed by atoms with Crippen molar-refractivity contribution in [2.24, 2.45) is 0 Å². The van der Waals surface area contributed by atoms with Crippen molar-refractivity contribution in [1.29, 1.82) is 0 Å². The number of aromatic nitrogens is 1. The molecule has 174 valence electrons. The molecule has 2 aromatic carbocycles. The van der Waals surface area contributed by atoms with Gasteiger partial charge >= 0.3 is 0 Å².